The van der Waals surface area contributed by atoms with Gasteiger partial charge in [-0.25, -0.2) is 0 Å². The third kappa shape index (κ3) is 8.27. The predicted octanol–water partition coefficient (Wildman–Crippen LogP) is 5.27. The van der Waals surface area contributed by atoms with E-state index in [0.717, 1.165) is 25.8 Å². The molecule has 0 radical (unpaired) electrons. The number of carbonyl (C=O) groups excluding carboxylic acids is 1. The molecule has 0 unspecified atom stereocenters. The van der Waals surface area contributed by atoms with Crippen molar-refractivity contribution in [3.8, 4) is 0 Å². The maximum Gasteiger partial charge on any atom is 0.220 e. The first-order chi connectivity index (χ1) is 18.5. The van der Waals surface area contributed by atoms with Crippen molar-refractivity contribution in [2.24, 2.45) is 5.11 Å². The van der Waals surface area contributed by atoms with Gasteiger partial charge in [0.15, 0.2) is 5.71 Å². The molecule has 2 aromatic rings. The lowest BCUT2D eigenvalue weighted by molar-refractivity contribution is -0.439. The minimum Gasteiger partial charge on any atom is -0.379 e. The number of fused-ring (bicyclic) bond motifs is 3. The van der Waals surface area contributed by atoms with Crippen LogP contribution >= 0.6 is 0 Å². The molecule has 0 fully saturated rings. The van der Waals surface area contributed by atoms with E-state index in [9.17, 15) is 4.79 Å². The number of ether oxygens (including phenoxy) is 3. The van der Waals surface area contributed by atoms with Gasteiger partial charge in [-0.2, -0.15) is 4.58 Å². The second-order valence-corrected chi connectivity index (χ2v) is 10.00. The molecule has 0 saturated heterocycles. The Morgan fingerprint density at radius 2 is 1.68 bits per heavy atom. The van der Waals surface area contributed by atoms with Crippen LogP contribution in [0.2, 0.25) is 0 Å². The Kier molecular flexibility index (Phi) is 12.0. The zero-order chi connectivity index (χ0) is 27.2. The first kappa shape index (κ1) is 29.6. The summed E-state index contributed by atoms with van der Waals surface area (Å²) in [5.41, 5.74) is 12.3. The van der Waals surface area contributed by atoms with E-state index < -0.39 is 0 Å². The van der Waals surface area contributed by atoms with Gasteiger partial charge in [-0.3, -0.25) is 4.79 Å². The molecule has 1 aliphatic rings. The average molecular weight is 525 g/mol. The van der Waals surface area contributed by atoms with E-state index in [4.69, 9.17) is 19.7 Å². The number of hydrogen-bond acceptors (Lipinski definition) is 5. The minimum absolute atomic E-state index is 0.00754. The van der Waals surface area contributed by atoms with E-state index in [2.05, 4.69) is 77.1 Å². The van der Waals surface area contributed by atoms with Gasteiger partial charge >= 0.3 is 0 Å². The van der Waals surface area contributed by atoms with Crippen LogP contribution in [0.5, 0.6) is 0 Å². The molecule has 0 spiro atoms. The van der Waals surface area contributed by atoms with Crippen LogP contribution in [0.4, 0.5) is 5.69 Å². The summed E-state index contributed by atoms with van der Waals surface area (Å²) in [7, 11) is 0. The average Bonchev–Trinajstić information content (AvgIpc) is 3.11. The molecule has 206 valence electrons. The number of nitrogens with one attached hydrogen (secondary N) is 1. The Balaban J connectivity index is 1.24. The summed E-state index contributed by atoms with van der Waals surface area (Å²) in [5, 5.41) is 8.94. The summed E-state index contributed by atoms with van der Waals surface area (Å²) in [6.45, 7) is 11.4. The molecular weight excluding hydrogens is 482 g/mol. The largest absolute Gasteiger partial charge is 0.379 e. The summed E-state index contributed by atoms with van der Waals surface area (Å²) in [5.74, 6) is 0.0737. The van der Waals surface area contributed by atoms with E-state index in [1.165, 1.54) is 27.7 Å². The van der Waals surface area contributed by atoms with Crippen LogP contribution in [0.3, 0.4) is 0 Å². The number of carbonyl (C=O) groups is 1. The molecule has 2 aromatic carbocycles. The Morgan fingerprint density at radius 3 is 2.45 bits per heavy atom. The van der Waals surface area contributed by atoms with Gasteiger partial charge in [-0.1, -0.05) is 29.4 Å². The molecule has 0 bridgehead atoms. The zero-order valence-corrected chi connectivity index (χ0v) is 23.1. The second-order valence-electron chi connectivity index (χ2n) is 10.00. The van der Waals surface area contributed by atoms with Gasteiger partial charge in [0.1, 0.15) is 6.54 Å². The monoisotopic (exact) mass is 524 g/mol. The Bertz CT molecular complexity index is 1140. The smallest absolute Gasteiger partial charge is 0.220 e. The van der Waals surface area contributed by atoms with Gasteiger partial charge in [-0.15, -0.1) is 0 Å². The number of rotatable bonds is 18. The quantitative estimate of drug-likeness (QED) is 0.0942. The molecule has 0 saturated carbocycles. The highest BCUT2D eigenvalue weighted by Crippen LogP contribution is 2.43. The Hall–Kier alpha value is -2.97. The summed E-state index contributed by atoms with van der Waals surface area (Å²) in [4.78, 5) is 14.8. The number of unbranched alkanes of at least 4 members (excludes halogenated alkanes) is 2. The van der Waals surface area contributed by atoms with Crippen LogP contribution in [0.25, 0.3) is 21.2 Å². The number of benzene rings is 2. The highest BCUT2D eigenvalue weighted by atomic mass is 16.5. The molecule has 38 heavy (non-hydrogen) atoms. The molecule has 3 rings (SSSR count). The number of hydrogen-bond donors (Lipinski definition) is 1. The van der Waals surface area contributed by atoms with Gasteiger partial charge < -0.3 is 19.5 Å². The molecule has 1 N–H and O–H groups in total. The molecule has 0 atom stereocenters. The molecule has 0 aromatic heterocycles. The fourth-order valence-corrected chi connectivity index (χ4v) is 4.90. The normalized spacial score (nSPS) is 14.0. The predicted molar refractivity (Wildman–Crippen MR) is 150 cm³/mol. The highest BCUT2D eigenvalue weighted by molar-refractivity contribution is 6.01. The summed E-state index contributed by atoms with van der Waals surface area (Å²) in [6.07, 6.45) is 3.49. The standard InChI is InChI=1S/C29H41N5O4/c1-23-29(2,3)28-25-10-7-6-9-24(25)12-13-26(28)34(23)16-8-4-5-11-27(35)31-14-17-36-19-21-38-22-20-37-18-15-32-33-30/h6-7,9-10,12-13H,4-5,8,11,14-22H2,1-3H3/p+1. The lowest BCUT2D eigenvalue weighted by atomic mass is 9.80. The third-order valence-corrected chi connectivity index (χ3v) is 7.13. The summed E-state index contributed by atoms with van der Waals surface area (Å²) in [6, 6.07) is 13.1. The zero-order valence-electron chi connectivity index (χ0n) is 23.1. The van der Waals surface area contributed by atoms with E-state index in [1.807, 2.05) is 0 Å². The third-order valence-electron chi connectivity index (χ3n) is 7.13. The van der Waals surface area contributed by atoms with Gasteiger partial charge in [0.2, 0.25) is 11.6 Å². The van der Waals surface area contributed by atoms with Crippen LogP contribution < -0.4 is 5.32 Å². The van der Waals surface area contributed by atoms with Crippen LogP contribution in [-0.2, 0) is 24.4 Å². The summed E-state index contributed by atoms with van der Waals surface area (Å²) >= 11 is 0. The van der Waals surface area contributed by atoms with E-state index in [0.29, 0.717) is 59.2 Å². The molecular formula is C29H42N5O4+. The minimum atomic E-state index is 0.00754. The Morgan fingerprint density at radius 1 is 0.974 bits per heavy atom. The number of azide groups is 1. The van der Waals surface area contributed by atoms with Crippen molar-refractivity contribution in [2.75, 3.05) is 59.3 Å². The number of nitrogens with zero attached hydrogens (tertiary/aromatic N) is 4. The highest BCUT2D eigenvalue weighted by Gasteiger charge is 2.43. The molecule has 1 heterocycles. The van der Waals surface area contributed by atoms with Crippen molar-refractivity contribution in [1.29, 1.82) is 0 Å². The van der Waals surface area contributed by atoms with E-state index in [-0.39, 0.29) is 11.3 Å². The van der Waals surface area contributed by atoms with Crippen molar-refractivity contribution in [2.45, 2.75) is 51.9 Å². The van der Waals surface area contributed by atoms with Crippen LogP contribution in [0.1, 0.15) is 52.0 Å². The fraction of sp³-hybridized carbons (Fsp3) is 0.586. The van der Waals surface area contributed by atoms with Gasteiger partial charge in [0.05, 0.1) is 45.1 Å². The van der Waals surface area contributed by atoms with E-state index >= 15 is 0 Å². The van der Waals surface area contributed by atoms with Crippen LogP contribution in [-0.4, -0.2) is 75.5 Å². The first-order valence-electron chi connectivity index (χ1n) is 13.6. The van der Waals surface area contributed by atoms with Crippen molar-refractivity contribution < 1.29 is 23.6 Å². The van der Waals surface area contributed by atoms with Crippen molar-refractivity contribution in [1.82, 2.24) is 5.32 Å². The molecule has 1 aliphatic heterocycles. The van der Waals surface area contributed by atoms with E-state index in [1.54, 1.807) is 0 Å². The van der Waals surface area contributed by atoms with Crippen molar-refractivity contribution >= 4 is 28.1 Å². The first-order valence-corrected chi connectivity index (χ1v) is 13.6. The fourth-order valence-electron chi connectivity index (χ4n) is 4.90. The SMILES string of the molecule is CC1=[N+](CCCCCC(=O)NCCOCCOCCOCCN=[N+]=[N-])c2ccc3ccccc3c2C1(C)C. The van der Waals surface area contributed by atoms with Crippen LogP contribution in [0, 0.1) is 0 Å². The van der Waals surface area contributed by atoms with Gasteiger partial charge in [0.25, 0.3) is 0 Å². The maximum atomic E-state index is 12.1. The van der Waals surface area contributed by atoms with Crippen molar-refractivity contribution in [3.05, 3.63) is 52.4 Å². The Labute approximate surface area is 225 Å². The molecule has 1 amide bonds. The molecule has 9 nitrogen and oxygen atoms in total. The molecule has 9 heteroatoms. The van der Waals surface area contributed by atoms with Gasteiger partial charge in [-0.05, 0) is 49.1 Å². The lowest BCUT2D eigenvalue weighted by Gasteiger charge is -2.17. The summed E-state index contributed by atoms with van der Waals surface area (Å²) < 4.78 is 18.6. The maximum absolute atomic E-state index is 12.1. The lowest BCUT2D eigenvalue weighted by Crippen LogP contribution is -2.27. The van der Waals surface area contributed by atoms with Gasteiger partial charge in [0, 0.05) is 49.4 Å². The topological polar surface area (TPSA) is 109 Å². The second kappa shape index (κ2) is 15.4. The molecule has 0 aliphatic carbocycles. The van der Waals surface area contributed by atoms with Crippen LogP contribution in [0.15, 0.2) is 41.5 Å². The number of amides is 1. The van der Waals surface area contributed by atoms with Crippen molar-refractivity contribution in [3.63, 3.8) is 0 Å².